The SMILES string of the molecule is CC([O])(C(F)(F)F)C(F)(F)F. The third-order valence-corrected chi connectivity index (χ3v) is 1.08. The second-order valence-corrected chi connectivity index (χ2v) is 2.03. The van der Waals surface area contributed by atoms with Crippen molar-refractivity contribution in [1.29, 1.82) is 0 Å². The summed E-state index contributed by atoms with van der Waals surface area (Å²) in [6.07, 6.45) is -11.6. The lowest BCUT2D eigenvalue weighted by Gasteiger charge is -2.25. The Balaban J connectivity index is 4.75. The van der Waals surface area contributed by atoms with Gasteiger partial charge in [0.1, 0.15) is 0 Å². The first-order chi connectivity index (χ1) is 4.50. The van der Waals surface area contributed by atoms with Crippen LogP contribution in [0.2, 0.25) is 0 Å². The lowest BCUT2D eigenvalue weighted by molar-refractivity contribution is -0.378. The van der Waals surface area contributed by atoms with Crippen LogP contribution < -0.4 is 0 Å². The minimum Gasteiger partial charge on any atom is -0.210 e. The zero-order valence-electron chi connectivity index (χ0n) is 5.18. The standard InChI is InChI=1S/C4H3F6O/c1-2(11,3(5,6)7)4(8,9)10/h1H3. The van der Waals surface area contributed by atoms with Crippen LogP contribution in [0.3, 0.4) is 0 Å². The molecule has 0 bridgehead atoms. The van der Waals surface area contributed by atoms with Gasteiger partial charge < -0.3 is 0 Å². The van der Waals surface area contributed by atoms with Crippen molar-refractivity contribution in [3.05, 3.63) is 0 Å². The summed E-state index contributed by atoms with van der Waals surface area (Å²) >= 11 is 0. The van der Waals surface area contributed by atoms with Crippen molar-refractivity contribution in [3.8, 4) is 0 Å². The van der Waals surface area contributed by atoms with Crippen molar-refractivity contribution < 1.29 is 31.4 Å². The van der Waals surface area contributed by atoms with Gasteiger partial charge in [-0.3, -0.25) is 0 Å². The van der Waals surface area contributed by atoms with E-state index < -0.39 is 24.9 Å². The number of halogens is 6. The summed E-state index contributed by atoms with van der Waals surface area (Å²) in [5.74, 6) is 0. The van der Waals surface area contributed by atoms with Crippen LogP contribution in [0.25, 0.3) is 0 Å². The Bertz CT molecular complexity index is 126. The van der Waals surface area contributed by atoms with E-state index in [9.17, 15) is 31.4 Å². The average Bonchev–Trinajstić information content (AvgIpc) is 1.58. The number of alkyl halides is 6. The molecule has 0 saturated heterocycles. The van der Waals surface area contributed by atoms with Gasteiger partial charge in [-0.2, -0.15) is 26.3 Å². The maximum atomic E-state index is 11.3. The third kappa shape index (κ3) is 1.76. The molecule has 0 amide bonds. The van der Waals surface area contributed by atoms with E-state index in [1.54, 1.807) is 0 Å². The smallest absolute Gasteiger partial charge is 0.210 e. The lowest BCUT2D eigenvalue weighted by atomic mass is 10.1. The molecule has 0 aromatic carbocycles. The van der Waals surface area contributed by atoms with Crippen LogP contribution in [0, 0.1) is 0 Å². The fraction of sp³-hybridized carbons (Fsp3) is 1.00. The number of hydrogen-bond acceptors (Lipinski definition) is 0. The first-order valence-electron chi connectivity index (χ1n) is 2.34. The van der Waals surface area contributed by atoms with Gasteiger partial charge in [-0.15, -0.1) is 0 Å². The fourth-order valence-corrected chi connectivity index (χ4v) is 0.161. The molecular formula is C4H3F6O. The first-order valence-corrected chi connectivity index (χ1v) is 2.34. The van der Waals surface area contributed by atoms with Crippen molar-refractivity contribution in [3.63, 3.8) is 0 Å². The van der Waals surface area contributed by atoms with Gasteiger partial charge in [0.2, 0.25) is 0 Å². The minimum atomic E-state index is -5.80. The number of hydrogen-bond donors (Lipinski definition) is 0. The van der Waals surface area contributed by atoms with Crippen LogP contribution in [-0.2, 0) is 5.11 Å². The summed E-state index contributed by atoms with van der Waals surface area (Å²) in [6, 6.07) is 0. The second kappa shape index (κ2) is 2.26. The molecule has 0 spiro atoms. The Morgan fingerprint density at radius 2 is 1.00 bits per heavy atom. The normalized spacial score (nSPS) is 15.3. The van der Waals surface area contributed by atoms with Crippen molar-refractivity contribution in [2.75, 3.05) is 0 Å². The maximum absolute atomic E-state index is 11.3. The van der Waals surface area contributed by atoms with Crippen molar-refractivity contribution in [1.82, 2.24) is 0 Å². The molecule has 1 nitrogen and oxygen atoms in total. The van der Waals surface area contributed by atoms with Crippen LogP contribution in [0.15, 0.2) is 0 Å². The van der Waals surface area contributed by atoms with Crippen molar-refractivity contribution >= 4 is 0 Å². The highest BCUT2D eigenvalue weighted by atomic mass is 19.4. The number of rotatable bonds is 0. The van der Waals surface area contributed by atoms with E-state index in [-0.39, 0.29) is 0 Å². The van der Waals surface area contributed by atoms with E-state index in [0.29, 0.717) is 0 Å². The molecule has 0 saturated carbocycles. The van der Waals surface area contributed by atoms with Crippen molar-refractivity contribution in [2.24, 2.45) is 0 Å². The van der Waals surface area contributed by atoms with Gasteiger partial charge in [-0.1, -0.05) is 0 Å². The fourth-order valence-electron chi connectivity index (χ4n) is 0.161. The predicted molar refractivity (Wildman–Crippen MR) is 21.2 cm³/mol. The molecule has 0 aromatic heterocycles. The Hall–Kier alpha value is -0.460. The van der Waals surface area contributed by atoms with Gasteiger partial charge in [0.15, 0.2) is 0 Å². The van der Waals surface area contributed by atoms with Crippen LogP contribution in [0.1, 0.15) is 6.92 Å². The summed E-state index contributed by atoms with van der Waals surface area (Å²) in [6.45, 7) is -0.451. The highest BCUT2D eigenvalue weighted by Crippen LogP contribution is 2.42. The van der Waals surface area contributed by atoms with Crippen molar-refractivity contribution in [2.45, 2.75) is 24.9 Å². The molecule has 7 heteroatoms. The average molecular weight is 181 g/mol. The third-order valence-electron chi connectivity index (χ3n) is 1.08. The lowest BCUT2D eigenvalue weighted by Crippen LogP contribution is -2.53. The van der Waals surface area contributed by atoms with Gasteiger partial charge in [0.05, 0.1) is 0 Å². The molecule has 11 heavy (non-hydrogen) atoms. The Morgan fingerprint density at radius 3 is 1.00 bits per heavy atom. The first kappa shape index (κ1) is 10.5. The zero-order chi connectivity index (χ0) is 9.50. The molecule has 0 aliphatic carbocycles. The monoisotopic (exact) mass is 181 g/mol. The summed E-state index contributed by atoms with van der Waals surface area (Å²) in [5.41, 5.74) is -4.88. The molecule has 0 N–H and O–H groups in total. The Kier molecular flexibility index (Phi) is 2.17. The predicted octanol–water partition coefficient (Wildman–Crippen LogP) is 2.30. The summed E-state index contributed by atoms with van der Waals surface area (Å²) < 4.78 is 67.8. The highest BCUT2D eigenvalue weighted by Gasteiger charge is 2.68. The zero-order valence-corrected chi connectivity index (χ0v) is 5.18. The van der Waals surface area contributed by atoms with Crippen LogP contribution in [-0.4, -0.2) is 18.0 Å². The summed E-state index contributed by atoms with van der Waals surface area (Å²) in [5, 5.41) is 9.90. The van der Waals surface area contributed by atoms with Gasteiger partial charge in [0, 0.05) is 0 Å². The molecule has 0 unspecified atom stereocenters. The molecule has 0 aliphatic heterocycles. The van der Waals surface area contributed by atoms with Gasteiger partial charge in [-0.25, -0.2) is 5.11 Å². The maximum Gasteiger partial charge on any atom is 0.429 e. The molecule has 0 heterocycles. The van der Waals surface area contributed by atoms with E-state index in [0.717, 1.165) is 0 Å². The summed E-state index contributed by atoms with van der Waals surface area (Å²) in [7, 11) is 0. The molecule has 0 aliphatic rings. The summed E-state index contributed by atoms with van der Waals surface area (Å²) in [4.78, 5) is 0. The highest BCUT2D eigenvalue weighted by molar-refractivity contribution is 4.88. The molecule has 1 radical (unpaired) electrons. The topological polar surface area (TPSA) is 19.9 Å². The van der Waals surface area contributed by atoms with E-state index in [2.05, 4.69) is 0 Å². The molecular weight excluding hydrogens is 178 g/mol. The molecule has 67 valence electrons. The van der Waals surface area contributed by atoms with Gasteiger partial charge in [0.25, 0.3) is 5.60 Å². The van der Waals surface area contributed by atoms with Gasteiger partial charge in [-0.05, 0) is 6.92 Å². The largest absolute Gasteiger partial charge is 0.429 e. The van der Waals surface area contributed by atoms with E-state index in [1.807, 2.05) is 0 Å². The molecule has 0 fully saturated rings. The molecule has 0 aromatic rings. The van der Waals surface area contributed by atoms with Gasteiger partial charge >= 0.3 is 12.4 Å². The minimum absolute atomic E-state index is 0.451. The Morgan fingerprint density at radius 1 is 0.818 bits per heavy atom. The van der Waals surface area contributed by atoms with E-state index in [1.165, 1.54) is 0 Å². The van der Waals surface area contributed by atoms with Crippen LogP contribution in [0.4, 0.5) is 26.3 Å². The molecule has 0 atom stereocenters. The van der Waals surface area contributed by atoms with E-state index in [4.69, 9.17) is 0 Å². The van der Waals surface area contributed by atoms with Crippen LogP contribution >= 0.6 is 0 Å². The van der Waals surface area contributed by atoms with Crippen LogP contribution in [0.5, 0.6) is 0 Å². The second-order valence-electron chi connectivity index (χ2n) is 2.03. The quantitative estimate of drug-likeness (QED) is 0.511. The Labute approximate surface area is 57.6 Å². The van der Waals surface area contributed by atoms with E-state index >= 15 is 0 Å². The molecule has 0 rings (SSSR count).